The summed E-state index contributed by atoms with van der Waals surface area (Å²) in [6.45, 7) is 4.51. The van der Waals surface area contributed by atoms with E-state index in [-0.39, 0.29) is 6.04 Å². The Balaban J connectivity index is 1.91. The lowest BCUT2D eigenvalue weighted by Gasteiger charge is -2.40. The highest BCUT2D eigenvalue weighted by Gasteiger charge is 2.30. The van der Waals surface area contributed by atoms with E-state index >= 15 is 0 Å². The van der Waals surface area contributed by atoms with E-state index < -0.39 is 9.84 Å². The van der Waals surface area contributed by atoms with Gasteiger partial charge >= 0.3 is 0 Å². The number of benzene rings is 3. The number of piperazine rings is 1. The van der Waals surface area contributed by atoms with Crippen molar-refractivity contribution in [1.82, 2.24) is 5.32 Å². The lowest BCUT2D eigenvalue weighted by molar-refractivity contribution is 0.483. The minimum atomic E-state index is -3.43. The SMILES string of the molecule is Cc1ccccc1N1CCNCC1c1cccc(-c2ccccc2)c1S(C)(=O)=O. The zero-order valence-corrected chi connectivity index (χ0v) is 17.6. The van der Waals surface area contributed by atoms with E-state index in [1.165, 1.54) is 11.8 Å². The maximum Gasteiger partial charge on any atom is 0.176 e. The second-order valence-electron chi connectivity index (χ2n) is 7.56. The summed E-state index contributed by atoms with van der Waals surface area (Å²) in [5.74, 6) is 0. The predicted molar refractivity (Wildman–Crippen MR) is 119 cm³/mol. The average molecular weight is 407 g/mol. The molecule has 3 aromatic rings. The fourth-order valence-corrected chi connectivity index (χ4v) is 5.45. The van der Waals surface area contributed by atoms with Gasteiger partial charge in [-0.1, -0.05) is 66.7 Å². The number of aryl methyl sites for hydroxylation is 1. The third-order valence-corrected chi connectivity index (χ3v) is 6.73. The van der Waals surface area contributed by atoms with Crippen LogP contribution < -0.4 is 10.2 Å². The quantitative estimate of drug-likeness (QED) is 0.705. The van der Waals surface area contributed by atoms with Crippen LogP contribution in [0.1, 0.15) is 17.2 Å². The van der Waals surface area contributed by atoms with Gasteiger partial charge in [-0.3, -0.25) is 0 Å². The maximum absolute atomic E-state index is 13.0. The van der Waals surface area contributed by atoms with E-state index in [2.05, 4.69) is 29.3 Å². The van der Waals surface area contributed by atoms with Gasteiger partial charge in [0, 0.05) is 37.1 Å². The molecule has 1 saturated heterocycles. The Morgan fingerprint density at radius 3 is 2.38 bits per heavy atom. The first-order valence-electron chi connectivity index (χ1n) is 9.88. The molecule has 0 aromatic heterocycles. The molecule has 4 rings (SSSR count). The highest BCUT2D eigenvalue weighted by atomic mass is 32.2. The molecule has 4 nitrogen and oxygen atoms in total. The number of nitrogens with zero attached hydrogens (tertiary/aromatic N) is 1. The van der Waals surface area contributed by atoms with Gasteiger partial charge in [0.15, 0.2) is 9.84 Å². The van der Waals surface area contributed by atoms with E-state index in [0.29, 0.717) is 11.4 Å². The number of anilines is 1. The number of sulfone groups is 1. The molecule has 0 bridgehead atoms. The molecule has 0 aliphatic carbocycles. The monoisotopic (exact) mass is 406 g/mol. The van der Waals surface area contributed by atoms with Crippen LogP contribution in [0, 0.1) is 6.92 Å². The van der Waals surface area contributed by atoms with E-state index in [9.17, 15) is 8.42 Å². The van der Waals surface area contributed by atoms with E-state index in [1.807, 2.05) is 60.7 Å². The second-order valence-corrected chi connectivity index (χ2v) is 9.51. The summed E-state index contributed by atoms with van der Waals surface area (Å²) in [5, 5.41) is 3.45. The van der Waals surface area contributed by atoms with Gasteiger partial charge in [0.05, 0.1) is 10.9 Å². The van der Waals surface area contributed by atoms with Gasteiger partial charge in [-0.15, -0.1) is 0 Å². The van der Waals surface area contributed by atoms with Gasteiger partial charge in [0.1, 0.15) is 0 Å². The molecule has 1 aliphatic rings. The Kier molecular flexibility index (Phi) is 5.43. The van der Waals surface area contributed by atoms with Crippen molar-refractivity contribution in [2.24, 2.45) is 0 Å². The molecule has 5 heteroatoms. The number of hydrogen-bond donors (Lipinski definition) is 1. The van der Waals surface area contributed by atoms with Crippen LogP contribution in [0.4, 0.5) is 5.69 Å². The average Bonchev–Trinajstić information content (AvgIpc) is 2.74. The van der Waals surface area contributed by atoms with Gasteiger partial charge < -0.3 is 10.2 Å². The Morgan fingerprint density at radius 1 is 0.931 bits per heavy atom. The molecule has 3 aromatic carbocycles. The third-order valence-electron chi connectivity index (χ3n) is 5.53. The summed E-state index contributed by atoms with van der Waals surface area (Å²) in [4.78, 5) is 2.77. The lowest BCUT2D eigenvalue weighted by Crippen LogP contribution is -2.46. The van der Waals surface area contributed by atoms with Crippen LogP contribution in [0.15, 0.2) is 77.7 Å². The zero-order valence-electron chi connectivity index (χ0n) is 16.8. The van der Waals surface area contributed by atoms with E-state index in [1.54, 1.807) is 0 Å². The van der Waals surface area contributed by atoms with Crippen molar-refractivity contribution in [1.29, 1.82) is 0 Å². The maximum atomic E-state index is 13.0. The smallest absolute Gasteiger partial charge is 0.176 e. The van der Waals surface area contributed by atoms with Crippen molar-refractivity contribution in [3.05, 3.63) is 83.9 Å². The van der Waals surface area contributed by atoms with Crippen LogP contribution >= 0.6 is 0 Å². The molecular formula is C24H26N2O2S. The normalized spacial score (nSPS) is 17.3. The predicted octanol–water partition coefficient (Wildman–Crippen LogP) is 4.22. The van der Waals surface area contributed by atoms with Crippen LogP contribution in [0.3, 0.4) is 0 Å². The Bertz CT molecular complexity index is 1110. The molecule has 1 N–H and O–H groups in total. The second kappa shape index (κ2) is 8.01. The highest BCUT2D eigenvalue weighted by Crippen LogP contribution is 2.38. The first-order chi connectivity index (χ1) is 14.0. The van der Waals surface area contributed by atoms with E-state index in [0.717, 1.165) is 35.5 Å². The fourth-order valence-electron chi connectivity index (χ4n) is 4.23. The Labute approximate surface area is 173 Å². The minimum Gasteiger partial charge on any atom is -0.362 e. The molecule has 1 unspecified atom stereocenters. The third kappa shape index (κ3) is 3.93. The topological polar surface area (TPSA) is 49.4 Å². The summed E-state index contributed by atoms with van der Waals surface area (Å²) < 4.78 is 25.9. The molecule has 0 radical (unpaired) electrons. The molecule has 150 valence electrons. The van der Waals surface area contributed by atoms with Gasteiger partial charge in [-0.05, 0) is 29.7 Å². The highest BCUT2D eigenvalue weighted by molar-refractivity contribution is 7.91. The van der Waals surface area contributed by atoms with Crippen LogP contribution in [-0.4, -0.2) is 34.3 Å². The summed E-state index contributed by atoms with van der Waals surface area (Å²) in [7, 11) is -3.43. The largest absolute Gasteiger partial charge is 0.362 e. The van der Waals surface area contributed by atoms with Crippen molar-refractivity contribution in [3.8, 4) is 11.1 Å². The summed E-state index contributed by atoms with van der Waals surface area (Å²) in [6, 6.07) is 23.8. The molecule has 29 heavy (non-hydrogen) atoms. The molecule has 0 spiro atoms. The van der Waals surface area contributed by atoms with Gasteiger partial charge in [-0.25, -0.2) is 8.42 Å². The first-order valence-corrected chi connectivity index (χ1v) is 11.8. The molecule has 1 fully saturated rings. The summed E-state index contributed by atoms with van der Waals surface area (Å²) in [5.41, 5.74) is 4.88. The lowest BCUT2D eigenvalue weighted by atomic mass is 9.96. The van der Waals surface area contributed by atoms with Crippen molar-refractivity contribution < 1.29 is 8.42 Å². The van der Waals surface area contributed by atoms with Crippen LogP contribution in [-0.2, 0) is 9.84 Å². The summed E-state index contributed by atoms with van der Waals surface area (Å²) in [6.07, 6.45) is 1.31. The van der Waals surface area contributed by atoms with Crippen LogP contribution in [0.2, 0.25) is 0 Å². The van der Waals surface area contributed by atoms with Gasteiger partial charge in [-0.2, -0.15) is 0 Å². The Hall–Kier alpha value is -2.63. The molecule has 1 heterocycles. The molecule has 1 atom stereocenters. The van der Waals surface area contributed by atoms with Gasteiger partial charge in [0.2, 0.25) is 0 Å². The number of para-hydroxylation sites is 1. The molecule has 1 aliphatic heterocycles. The standard InChI is InChI=1S/C24H26N2O2S/c1-18-9-6-7-14-22(18)26-16-15-25-17-23(26)21-13-8-12-20(24(21)29(2,27)28)19-10-4-3-5-11-19/h3-14,23,25H,15-17H2,1-2H3. The van der Waals surface area contributed by atoms with Crippen molar-refractivity contribution in [3.63, 3.8) is 0 Å². The number of nitrogens with one attached hydrogen (secondary N) is 1. The minimum absolute atomic E-state index is 0.0572. The van der Waals surface area contributed by atoms with Crippen LogP contribution in [0.5, 0.6) is 0 Å². The van der Waals surface area contributed by atoms with Gasteiger partial charge in [0.25, 0.3) is 0 Å². The molecular weight excluding hydrogens is 380 g/mol. The first kappa shape index (κ1) is 19.7. The zero-order chi connectivity index (χ0) is 20.4. The van der Waals surface area contributed by atoms with Crippen molar-refractivity contribution in [2.45, 2.75) is 17.9 Å². The fraction of sp³-hybridized carbons (Fsp3) is 0.250. The number of hydrogen-bond acceptors (Lipinski definition) is 4. The molecule has 0 amide bonds. The van der Waals surface area contributed by atoms with E-state index in [4.69, 9.17) is 0 Å². The van der Waals surface area contributed by atoms with Crippen molar-refractivity contribution >= 4 is 15.5 Å². The summed E-state index contributed by atoms with van der Waals surface area (Å²) >= 11 is 0. The van der Waals surface area contributed by atoms with Crippen LogP contribution in [0.25, 0.3) is 11.1 Å². The number of rotatable bonds is 4. The molecule has 0 saturated carbocycles. The van der Waals surface area contributed by atoms with Crippen molar-refractivity contribution in [2.75, 3.05) is 30.8 Å². The Morgan fingerprint density at radius 2 is 1.66 bits per heavy atom.